The number of rotatable bonds is 4. The van der Waals surface area contributed by atoms with Crippen LogP contribution >= 0.6 is 0 Å². The highest BCUT2D eigenvalue weighted by atomic mass is 32.2. The second-order valence-electron chi connectivity index (χ2n) is 3.64. The van der Waals surface area contributed by atoms with E-state index in [9.17, 15) is 8.42 Å². The van der Waals surface area contributed by atoms with Gasteiger partial charge in [0.05, 0.1) is 17.7 Å². The van der Waals surface area contributed by atoms with Gasteiger partial charge in [-0.1, -0.05) is 5.10 Å². The first-order chi connectivity index (χ1) is 8.92. The van der Waals surface area contributed by atoms with E-state index in [0.29, 0.717) is 5.69 Å². The van der Waals surface area contributed by atoms with Gasteiger partial charge >= 0.3 is 6.01 Å². The fourth-order valence-corrected chi connectivity index (χ4v) is 2.31. The molecule has 9 heteroatoms. The summed E-state index contributed by atoms with van der Waals surface area (Å²) in [5.74, 6) is 0.525. The Labute approximate surface area is 109 Å². The van der Waals surface area contributed by atoms with Crippen LogP contribution in [-0.4, -0.2) is 25.7 Å². The fraction of sp³-hybridized carbons (Fsp3) is 0.200. The van der Waals surface area contributed by atoms with Gasteiger partial charge < -0.3 is 14.9 Å². The van der Waals surface area contributed by atoms with Crippen molar-refractivity contribution in [3.05, 3.63) is 24.1 Å². The zero-order valence-electron chi connectivity index (χ0n) is 10.2. The van der Waals surface area contributed by atoms with Crippen LogP contribution in [0.5, 0.6) is 5.75 Å². The van der Waals surface area contributed by atoms with Crippen LogP contribution in [0.15, 0.2) is 27.5 Å². The SMILES string of the molecule is COc1cc(S(=O)(=O)Nc2nnc(C)o2)ccc1N. The lowest BCUT2D eigenvalue weighted by atomic mass is 10.3. The van der Waals surface area contributed by atoms with Crippen molar-refractivity contribution < 1.29 is 17.6 Å². The maximum Gasteiger partial charge on any atom is 0.329 e. The van der Waals surface area contributed by atoms with Crippen LogP contribution in [0.4, 0.5) is 11.7 Å². The van der Waals surface area contributed by atoms with E-state index in [4.69, 9.17) is 14.9 Å². The second-order valence-corrected chi connectivity index (χ2v) is 5.32. The summed E-state index contributed by atoms with van der Waals surface area (Å²) in [4.78, 5) is -0.0191. The molecule has 3 N–H and O–H groups in total. The first-order valence-electron chi connectivity index (χ1n) is 5.19. The molecule has 19 heavy (non-hydrogen) atoms. The number of ether oxygens (including phenoxy) is 1. The Balaban J connectivity index is 2.34. The lowest BCUT2D eigenvalue weighted by Gasteiger charge is -2.08. The van der Waals surface area contributed by atoms with Crippen molar-refractivity contribution in [2.24, 2.45) is 0 Å². The number of anilines is 2. The molecule has 1 aromatic heterocycles. The van der Waals surface area contributed by atoms with E-state index in [1.807, 2.05) is 0 Å². The van der Waals surface area contributed by atoms with Crippen LogP contribution in [0, 0.1) is 6.92 Å². The minimum absolute atomic E-state index is 0.0191. The summed E-state index contributed by atoms with van der Waals surface area (Å²) in [6.07, 6.45) is 0. The molecule has 1 aromatic carbocycles. The molecular formula is C10H12N4O4S. The highest BCUT2D eigenvalue weighted by molar-refractivity contribution is 7.92. The summed E-state index contributed by atoms with van der Waals surface area (Å²) in [5, 5.41) is 7.08. The third-order valence-electron chi connectivity index (χ3n) is 2.26. The predicted molar refractivity (Wildman–Crippen MR) is 67.2 cm³/mol. The van der Waals surface area contributed by atoms with Gasteiger partial charge in [0.15, 0.2) is 0 Å². The molecule has 0 fully saturated rings. The number of sulfonamides is 1. The standard InChI is InChI=1S/C10H12N4O4S/c1-6-12-13-10(18-6)14-19(15,16)7-3-4-8(11)9(5-7)17-2/h3-5H,11H2,1-2H3,(H,13,14). The Morgan fingerprint density at radius 2 is 2.11 bits per heavy atom. The Kier molecular flexibility index (Phi) is 3.30. The van der Waals surface area contributed by atoms with Gasteiger partial charge in [0, 0.05) is 13.0 Å². The van der Waals surface area contributed by atoms with Crippen LogP contribution < -0.4 is 15.2 Å². The number of hydrogen-bond donors (Lipinski definition) is 2. The Bertz CT molecular complexity index is 695. The average Bonchev–Trinajstić information content (AvgIpc) is 2.74. The third kappa shape index (κ3) is 2.76. The normalized spacial score (nSPS) is 11.3. The van der Waals surface area contributed by atoms with Crippen molar-refractivity contribution in [3.63, 3.8) is 0 Å². The predicted octanol–water partition coefficient (Wildman–Crippen LogP) is 0.770. The number of hydrogen-bond acceptors (Lipinski definition) is 7. The van der Waals surface area contributed by atoms with Crippen LogP contribution in [0.3, 0.4) is 0 Å². The number of nitrogens with one attached hydrogen (secondary N) is 1. The summed E-state index contributed by atoms with van der Waals surface area (Å²) < 4.78 is 36.2. The van der Waals surface area contributed by atoms with Crippen LogP contribution in [0.2, 0.25) is 0 Å². The van der Waals surface area contributed by atoms with Crippen molar-refractivity contribution in [2.45, 2.75) is 11.8 Å². The number of nitrogens with zero attached hydrogens (tertiary/aromatic N) is 2. The van der Waals surface area contributed by atoms with Crippen LogP contribution in [0.25, 0.3) is 0 Å². The van der Waals surface area contributed by atoms with Gasteiger partial charge in [0.2, 0.25) is 5.89 Å². The Morgan fingerprint density at radius 3 is 2.68 bits per heavy atom. The Morgan fingerprint density at radius 1 is 1.37 bits per heavy atom. The molecule has 0 saturated heterocycles. The molecular weight excluding hydrogens is 272 g/mol. The summed E-state index contributed by atoms with van der Waals surface area (Å²) in [6.45, 7) is 1.55. The highest BCUT2D eigenvalue weighted by Crippen LogP contribution is 2.25. The Hall–Kier alpha value is -2.29. The molecule has 8 nitrogen and oxygen atoms in total. The lowest BCUT2D eigenvalue weighted by Crippen LogP contribution is -2.13. The molecule has 1 heterocycles. The zero-order valence-corrected chi connectivity index (χ0v) is 11.1. The smallest absolute Gasteiger partial charge is 0.329 e. The number of aromatic nitrogens is 2. The summed E-state index contributed by atoms with van der Waals surface area (Å²) >= 11 is 0. The zero-order chi connectivity index (χ0) is 14.0. The van der Waals surface area contributed by atoms with Crippen molar-refractivity contribution in [1.82, 2.24) is 10.2 Å². The monoisotopic (exact) mass is 284 g/mol. The molecule has 0 aliphatic carbocycles. The first kappa shape index (κ1) is 13.1. The van der Waals surface area contributed by atoms with Gasteiger partial charge in [-0.3, -0.25) is 0 Å². The van der Waals surface area contributed by atoms with Crippen LogP contribution in [-0.2, 0) is 10.0 Å². The number of nitrogens with two attached hydrogens (primary N) is 1. The molecule has 2 aromatic rings. The molecule has 0 saturated carbocycles. The van der Waals surface area contributed by atoms with E-state index in [1.54, 1.807) is 6.92 Å². The third-order valence-corrected chi connectivity index (χ3v) is 3.58. The van der Waals surface area contributed by atoms with E-state index < -0.39 is 10.0 Å². The number of methoxy groups -OCH3 is 1. The summed E-state index contributed by atoms with van der Waals surface area (Å²) in [6, 6.07) is 3.89. The van der Waals surface area contributed by atoms with E-state index in [2.05, 4.69) is 14.9 Å². The molecule has 0 unspecified atom stereocenters. The van der Waals surface area contributed by atoms with Gasteiger partial charge in [-0.25, -0.2) is 13.1 Å². The minimum Gasteiger partial charge on any atom is -0.495 e. The summed E-state index contributed by atoms with van der Waals surface area (Å²) in [5.41, 5.74) is 5.96. The van der Waals surface area contributed by atoms with Crippen LogP contribution in [0.1, 0.15) is 5.89 Å². The van der Waals surface area contributed by atoms with E-state index in [0.717, 1.165) is 0 Å². The van der Waals surface area contributed by atoms with Gasteiger partial charge in [0.1, 0.15) is 5.75 Å². The van der Waals surface area contributed by atoms with E-state index in [-0.39, 0.29) is 22.6 Å². The van der Waals surface area contributed by atoms with E-state index in [1.165, 1.54) is 25.3 Å². The maximum absolute atomic E-state index is 12.1. The average molecular weight is 284 g/mol. The van der Waals surface area contributed by atoms with Crippen molar-refractivity contribution in [1.29, 1.82) is 0 Å². The maximum atomic E-state index is 12.1. The second kappa shape index (κ2) is 4.76. The number of nitrogen functional groups attached to an aromatic ring is 1. The molecule has 2 rings (SSSR count). The largest absolute Gasteiger partial charge is 0.495 e. The topological polar surface area (TPSA) is 120 Å². The first-order valence-corrected chi connectivity index (χ1v) is 6.67. The van der Waals surface area contributed by atoms with Gasteiger partial charge in [0.25, 0.3) is 10.0 Å². The van der Waals surface area contributed by atoms with Crippen molar-refractivity contribution in [3.8, 4) is 5.75 Å². The van der Waals surface area contributed by atoms with Crippen molar-refractivity contribution in [2.75, 3.05) is 17.6 Å². The quantitative estimate of drug-likeness (QED) is 0.795. The van der Waals surface area contributed by atoms with E-state index >= 15 is 0 Å². The number of benzene rings is 1. The van der Waals surface area contributed by atoms with Gasteiger partial charge in [-0.2, -0.15) is 0 Å². The molecule has 0 bridgehead atoms. The van der Waals surface area contributed by atoms with Gasteiger partial charge in [-0.05, 0) is 12.1 Å². The highest BCUT2D eigenvalue weighted by Gasteiger charge is 2.18. The molecule has 0 spiro atoms. The molecule has 102 valence electrons. The lowest BCUT2D eigenvalue weighted by molar-refractivity contribution is 0.415. The number of aryl methyl sites for hydroxylation is 1. The molecule has 0 atom stereocenters. The summed E-state index contributed by atoms with van der Waals surface area (Å²) in [7, 11) is -2.43. The van der Waals surface area contributed by atoms with Crippen molar-refractivity contribution >= 4 is 21.7 Å². The molecule has 0 radical (unpaired) electrons. The van der Waals surface area contributed by atoms with Gasteiger partial charge in [-0.15, -0.1) is 5.10 Å². The fourth-order valence-electron chi connectivity index (χ4n) is 1.37. The molecule has 0 amide bonds. The molecule has 0 aliphatic heterocycles. The molecule has 0 aliphatic rings. The minimum atomic E-state index is -3.83.